The number of carboxylic acid groups (broad SMARTS) is 1. The van der Waals surface area contributed by atoms with Crippen molar-refractivity contribution in [3.63, 3.8) is 0 Å². The van der Waals surface area contributed by atoms with Gasteiger partial charge in [-0.3, -0.25) is 4.79 Å². The van der Waals surface area contributed by atoms with Crippen molar-refractivity contribution >= 4 is 11.8 Å². The van der Waals surface area contributed by atoms with Gasteiger partial charge in [-0.15, -0.1) is 0 Å². The van der Waals surface area contributed by atoms with Crippen LogP contribution in [0.4, 0.5) is 0 Å². The molecular weight excluding hydrogens is 232 g/mol. The maximum atomic E-state index is 12.2. The Balaban J connectivity index is 1.69. The maximum Gasteiger partial charge on any atom is 0.332 e. The molecule has 0 saturated heterocycles. The van der Waals surface area contributed by atoms with Gasteiger partial charge in [-0.05, 0) is 55.8 Å². The number of Topliss-reactive ketones (excluding diaryl/α,β-unsaturated/α-hetero) is 1. The molecule has 4 aliphatic rings. The van der Waals surface area contributed by atoms with Crippen LogP contribution in [0.1, 0.15) is 38.5 Å². The Hall–Kier alpha value is -0.900. The number of ketones is 1. The molecular formula is C14H20O4. The molecule has 18 heavy (non-hydrogen) atoms. The number of aliphatic hydroxyl groups excluding tert-OH is 1. The Morgan fingerprint density at radius 3 is 1.94 bits per heavy atom. The van der Waals surface area contributed by atoms with Crippen molar-refractivity contribution < 1.29 is 19.8 Å². The molecule has 1 unspecified atom stereocenters. The van der Waals surface area contributed by atoms with Crippen LogP contribution in [0.3, 0.4) is 0 Å². The molecule has 0 aromatic heterocycles. The second-order valence-corrected chi connectivity index (χ2v) is 6.48. The van der Waals surface area contributed by atoms with E-state index < -0.39 is 12.1 Å². The highest BCUT2D eigenvalue weighted by molar-refractivity contribution is 5.87. The first kappa shape index (κ1) is 12.2. The molecule has 4 nitrogen and oxygen atoms in total. The third-order valence-corrected chi connectivity index (χ3v) is 5.28. The molecule has 4 rings (SSSR count). The largest absolute Gasteiger partial charge is 0.479 e. The number of hydrogen-bond donors (Lipinski definition) is 2. The molecule has 4 aliphatic carbocycles. The van der Waals surface area contributed by atoms with Crippen LogP contribution in [-0.4, -0.2) is 28.1 Å². The van der Waals surface area contributed by atoms with Gasteiger partial charge >= 0.3 is 5.97 Å². The van der Waals surface area contributed by atoms with Crippen LogP contribution in [0.15, 0.2) is 0 Å². The second kappa shape index (κ2) is 4.34. The van der Waals surface area contributed by atoms with E-state index in [4.69, 9.17) is 5.11 Å². The SMILES string of the molecule is O=C(O)C(O)CC(=O)C1C2CC3CC(C2)CC1C3. The quantitative estimate of drug-likeness (QED) is 0.794. The van der Waals surface area contributed by atoms with Crippen LogP contribution in [0.25, 0.3) is 0 Å². The van der Waals surface area contributed by atoms with Gasteiger partial charge in [0, 0.05) is 12.3 Å². The summed E-state index contributed by atoms with van der Waals surface area (Å²) in [5, 5.41) is 18.0. The highest BCUT2D eigenvalue weighted by Gasteiger charge is 2.50. The van der Waals surface area contributed by atoms with E-state index in [1.165, 1.54) is 6.42 Å². The number of aliphatic hydroxyl groups is 1. The Morgan fingerprint density at radius 2 is 1.50 bits per heavy atom. The van der Waals surface area contributed by atoms with Crippen molar-refractivity contribution in [2.24, 2.45) is 29.6 Å². The Morgan fingerprint density at radius 1 is 1.00 bits per heavy atom. The van der Waals surface area contributed by atoms with E-state index >= 15 is 0 Å². The molecule has 1 atom stereocenters. The van der Waals surface area contributed by atoms with Crippen LogP contribution in [0.2, 0.25) is 0 Å². The minimum absolute atomic E-state index is 0.0151. The summed E-state index contributed by atoms with van der Waals surface area (Å²) >= 11 is 0. The Kier molecular flexibility index (Phi) is 2.93. The zero-order valence-corrected chi connectivity index (χ0v) is 10.4. The second-order valence-electron chi connectivity index (χ2n) is 6.48. The number of hydrogen-bond acceptors (Lipinski definition) is 3. The van der Waals surface area contributed by atoms with Crippen molar-refractivity contribution in [2.45, 2.75) is 44.6 Å². The van der Waals surface area contributed by atoms with Crippen LogP contribution in [-0.2, 0) is 9.59 Å². The summed E-state index contributed by atoms with van der Waals surface area (Å²) in [5.41, 5.74) is 0. The summed E-state index contributed by atoms with van der Waals surface area (Å²) < 4.78 is 0. The van der Waals surface area contributed by atoms with Crippen LogP contribution < -0.4 is 0 Å². The summed E-state index contributed by atoms with van der Waals surface area (Å²) in [4.78, 5) is 22.8. The van der Waals surface area contributed by atoms with E-state index in [1.54, 1.807) is 0 Å². The fourth-order valence-electron chi connectivity index (χ4n) is 4.86. The van der Waals surface area contributed by atoms with E-state index in [0.29, 0.717) is 11.8 Å². The molecule has 0 radical (unpaired) electrons. The normalized spacial score (nSPS) is 42.8. The first-order valence-electron chi connectivity index (χ1n) is 6.98. The number of aliphatic carboxylic acids is 1. The third-order valence-electron chi connectivity index (χ3n) is 5.28. The van der Waals surface area contributed by atoms with Gasteiger partial charge in [0.2, 0.25) is 0 Å². The van der Waals surface area contributed by atoms with Gasteiger partial charge in [0.25, 0.3) is 0 Å². The van der Waals surface area contributed by atoms with Gasteiger partial charge in [0.15, 0.2) is 6.10 Å². The summed E-state index contributed by atoms with van der Waals surface area (Å²) in [5.74, 6) is 1.28. The topological polar surface area (TPSA) is 74.6 Å². The summed E-state index contributed by atoms with van der Waals surface area (Å²) in [6.45, 7) is 0. The van der Waals surface area contributed by atoms with Crippen molar-refractivity contribution in [2.75, 3.05) is 0 Å². The molecule has 0 aliphatic heterocycles. The van der Waals surface area contributed by atoms with E-state index in [1.807, 2.05) is 0 Å². The van der Waals surface area contributed by atoms with Gasteiger partial charge in [0.05, 0.1) is 0 Å². The summed E-state index contributed by atoms with van der Waals surface area (Å²) in [6.07, 6.45) is 4.20. The van der Waals surface area contributed by atoms with Gasteiger partial charge in [0.1, 0.15) is 5.78 Å². The molecule has 0 aromatic rings. The zero-order valence-electron chi connectivity index (χ0n) is 10.4. The average molecular weight is 252 g/mol. The minimum Gasteiger partial charge on any atom is -0.479 e. The van der Waals surface area contributed by atoms with Crippen LogP contribution in [0, 0.1) is 29.6 Å². The Labute approximate surface area is 106 Å². The molecule has 2 N–H and O–H groups in total. The van der Waals surface area contributed by atoms with Gasteiger partial charge < -0.3 is 10.2 Å². The predicted molar refractivity (Wildman–Crippen MR) is 63.8 cm³/mol. The van der Waals surface area contributed by atoms with E-state index in [-0.39, 0.29) is 18.1 Å². The highest BCUT2D eigenvalue weighted by atomic mass is 16.4. The smallest absolute Gasteiger partial charge is 0.332 e. The fraction of sp³-hybridized carbons (Fsp3) is 0.857. The third kappa shape index (κ3) is 1.96. The molecule has 100 valence electrons. The molecule has 0 amide bonds. The van der Waals surface area contributed by atoms with Crippen LogP contribution in [0.5, 0.6) is 0 Å². The summed E-state index contributed by atoms with van der Waals surface area (Å²) in [7, 11) is 0. The lowest BCUT2D eigenvalue weighted by Crippen LogP contribution is -2.48. The zero-order chi connectivity index (χ0) is 12.9. The first-order valence-corrected chi connectivity index (χ1v) is 6.98. The fourth-order valence-corrected chi connectivity index (χ4v) is 4.86. The lowest BCUT2D eigenvalue weighted by molar-refractivity contribution is -0.152. The van der Waals surface area contributed by atoms with Crippen molar-refractivity contribution in [3.8, 4) is 0 Å². The van der Waals surface area contributed by atoms with E-state index in [2.05, 4.69) is 0 Å². The highest BCUT2D eigenvalue weighted by Crippen LogP contribution is 2.56. The average Bonchev–Trinajstić information content (AvgIpc) is 2.26. The molecule has 4 saturated carbocycles. The number of rotatable bonds is 4. The first-order chi connectivity index (χ1) is 8.54. The number of carboxylic acids is 1. The molecule has 4 heteroatoms. The molecule has 4 bridgehead atoms. The Bertz CT molecular complexity index is 348. The van der Waals surface area contributed by atoms with E-state index in [9.17, 15) is 14.7 Å². The monoisotopic (exact) mass is 252 g/mol. The minimum atomic E-state index is -1.52. The number of carbonyl (C=O) groups excluding carboxylic acids is 1. The van der Waals surface area contributed by atoms with Gasteiger partial charge in [-0.25, -0.2) is 4.79 Å². The van der Waals surface area contributed by atoms with E-state index in [0.717, 1.165) is 37.5 Å². The van der Waals surface area contributed by atoms with Gasteiger partial charge in [-0.2, -0.15) is 0 Å². The summed E-state index contributed by atoms with van der Waals surface area (Å²) in [6, 6.07) is 0. The van der Waals surface area contributed by atoms with Gasteiger partial charge in [-0.1, -0.05) is 0 Å². The number of carbonyl (C=O) groups is 2. The van der Waals surface area contributed by atoms with Crippen LogP contribution >= 0.6 is 0 Å². The molecule has 0 spiro atoms. The standard InChI is InChI=1S/C14H20O4/c15-11(6-12(16)14(17)18)13-9-2-7-1-8(4-9)5-10(13)3-7/h7-10,12-13,16H,1-6H2,(H,17,18). The lowest BCUT2D eigenvalue weighted by Gasteiger charge is -2.53. The molecule has 4 fully saturated rings. The molecule has 0 heterocycles. The van der Waals surface area contributed by atoms with Crippen molar-refractivity contribution in [3.05, 3.63) is 0 Å². The molecule has 0 aromatic carbocycles. The van der Waals surface area contributed by atoms with Crippen molar-refractivity contribution in [1.82, 2.24) is 0 Å². The lowest BCUT2D eigenvalue weighted by atomic mass is 9.51. The van der Waals surface area contributed by atoms with Crippen molar-refractivity contribution in [1.29, 1.82) is 0 Å². The predicted octanol–water partition coefficient (Wildman–Crippen LogP) is 1.46. The maximum absolute atomic E-state index is 12.2.